The van der Waals surface area contributed by atoms with Gasteiger partial charge >= 0.3 is 5.97 Å². The van der Waals surface area contributed by atoms with Crippen molar-refractivity contribution in [3.05, 3.63) is 94.5 Å². The molecule has 1 amide bonds. The highest BCUT2D eigenvalue weighted by atomic mass is 16.5. The van der Waals surface area contributed by atoms with Crippen LogP contribution in [0.5, 0.6) is 11.5 Å². The average Bonchev–Trinajstić information content (AvgIpc) is 2.83. The molecular formula is C28H31NO5. The first-order valence-electron chi connectivity index (χ1n) is 11.3. The molecule has 3 aromatic rings. The maximum atomic E-state index is 13.5. The number of ether oxygens (including phenoxy) is 2. The molecule has 0 heterocycles. The van der Waals surface area contributed by atoms with Crippen LogP contribution in [0.3, 0.4) is 0 Å². The van der Waals surface area contributed by atoms with Gasteiger partial charge in [-0.15, -0.1) is 0 Å². The van der Waals surface area contributed by atoms with Crippen molar-refractivity contribution in [2.24, 2.45) is 0 Å². The number of rotatable bonds is 11. The first-order valence-corrected chi connectivity index (χ1v) is 11.3. The molecule has 6 heteroatoms. The second-order valence-electron chi connectivity index (χ2n) is 8.31. The van der Waals surface area contributed by atoms with Crippen LogP contribution in [-0.4, -0.2) is 42.6 Å². The Kier molecular flexibility index (Phi) is 8.68. The van der Waals surface area contributed by atoms with Crippen molar-refractivity contribution >= 4 is 11.9 Å². The molecule has 0 spiro atoms. The number of nitrogens with zero attached hydrogens (tertiary/aromatic N) is 1. The summed E-state index contributed by atoms with van der Waals surface area (Å²) in [4.78, 5) is 26.3. The van der Waals surface area contributed by atoms with Gasteiger partial charge in [0.2, 0.25) is 0 Å². The Hall–Kier alpha value is -3.80. The molecule has 0 bridgehead atoms. The lowest BCUT2D eigenvalue weighted by Gasteiger charge is -2.24. The van der Waals surface area contributed by atoms with E-state index in [1.165, 1.54) is 11.1 Å². The number of aliphatic carboxylic acids is 1. The minimum Gasteiger partial charge on any atom is -0.497 e. The predicted octanol–water partition coefficient (Wildman–Crippen LogP) is 4.91. The molecule has 0 aromatic heterocycles. The number of amides is 1. The van der Waals surface area contributed by atoms with E-state index in [4.69, 9.17) is 14.6 Å². The van der Waals surface area contributed by atoms with Crippen molar-refractivity contribution in [3.8, 4) is 11.5 Å². The Labute approximate surface area is 200 Å². The van der Waals surface area contributed by atoms with Crippen molar-refractivity contribution in [1.82, 2.24) is 4.90 Å². The Morgan fingerprint density at radius 1 is 0.853 bits per heavy atom. The van der Waals surface area contributed by atoms with E-state index < -0.39 is 5.97 Å². The van der Waals surface area contributed by atoms with Crippen molar-refractivity contribution < 1.29 is 24.2 Å². The molecule has 34 heavy (non-hydrogen) atoms. The molecule has 0 atom stereocenters. The van der Waals surface area contributed by atoms with Crippen molar-refractivity contribution in [2.45, 2.75) is 32.7 Å². The van der Waals surface area contributed by atoms with Crippen LogP contribution in [0.15, 0.2) is 66.7 Å². The van der Waals surface area contributed by atoms with Gasteiger partial charge < -0.3 is 19.5 Å². The number of carboxylic acids is 1. The van der Waals surface area contributed by atoms with E-state index in [2.05, 4.69) is 31.2 Å². The third kappa shape index (κ3) is 7.10. The van der Waals surface area contributed by atoms with Gasteiger partial charge in [-0.05, 0) is 48.6 Å². The fourth-order valence-corrected chi connectivity index (χ4v) is 3.87. The molecule has 3 rings (SSSR count). The summed E-state index contributed by atoms with van der Waals surface area (Å²) in [5.41, 5.74) is 4.62. The lowest BCUT2D eigenvalue weighted by molar-refractivity contribution is -0.136. The minimum atomic E-state index is -0.868. The van der Waals surface area contributed by atoms with Gasteiger partial charge in [-0.1, -0.05) is 54.1 Å². The number of hydrogen-bond donors (Lipinski definition) is 1. The topological polar surface area (TPSA) is 76.1 Å². The van der Waals surface area contributed by atoms with Crippen LogP contribution in [0.2, 0.25) is 0 Å². The highest BCUT2D eigenvalue weighted by Gasteiger charge is 2.18. The predicted molar refractivity (Wildman–Crippen MR) is 132 cm³/mol. The number of benzene rings is 3. The molecule has 3 aromatic carbocycles. The first kappa shape index (κ1) is 24.8. The van der Waals surface area contributed by atoms with Gasteiger partial charge in [-0.2, -0.15) is 0 Å². The maximum absolute atomic E-state index is 13.5. The van der Waals surface area contributed by atoms with E-state index in [0.29, 0.717) is 30.2 Å². The zero-order valence-electron chi connectivity index (χ0n) is 19.9. The highest BCUT2D eigenvalue weighted by Crippen LogP contribution is 2.24. The molecule has 6 nitrogen and oxygen atoms in total. The van der Waals surface area contributed by atoms with Gasteiger partial charge in [-0.25, -0.2) is 0 Å². The largest absolute Gasteiger partial charge is 0.497 e. The summed E-state index contributed by atoms with van der Waals surface area (Å²) >= 11 is 0. The Bertz CT molecular complexity index is 1100. The number of carbonyl (C=O) groups is 2. The van der Waals surface area contributed by atoms with E-state index >= 15 is 0 Å². The van der Waals surface area contributed by atoms with Gasteiger partial charge in [0.25, 0.3) is 5.91 Å². The molecule has 0 saturated carbocycles. The third-order valence-corrected chi connectivity index (χ3v) is 5.61. The van der Waals surface area contributed by atoms with Crippen LogP contribution in [0.4, 0.5) is 0 Å². The van der Waals surface area contributed by atoms with Gasteiger partial charge in [0, 0.05) is 24.7 Å². The SMILES string of the molecule is COc1cc(OC)cc(C(=O)N(CCCc2cccc(C)c2)Cc2ccc(CC(=O)O)cc2)c1. The maximum Gasteiger partial charge on any atom is 0.307 e. The molecule has 0 aliphatic carbocycles. The second kappa shape index (κ2) is 11.9. The molecule has 0 radical (unpaired) electrons. The van der Waals surface area contributed by atoms with Crippen molar-refractivity contribution in [1.29, 1.82) is 0 Å². The smallest absolute Gasteiger partial charge is 0.307 e. The van der Waals surface area contributed by atoms with Crippen LogP contribution in [0.1, 0.15) is 39.0 Å². The summed E-state index contributed by atoms with van der Waals surface area (Å²) in [5.74, 6) is 0.129. The lowest BCUT2D eigenvalue weighted by atomic mass is 10.1. The van der Waals surface area contributed by atoms with Crippen molar-refractivity contribution in [2.75, 3.05) is 20.8 Å². The zero-order chi connectivity index (χ0) is 24.5. The fraction of sp³-hybridized carbons (Fsp3) is 0.286. The van der Waals surface area contributed by atoms with E-state index in [0.717, 1.165) is 24.0 Å². The molecule has 0 saturated heterocycles. The summed E-state index contributed by atoms with van der Waals surface area (Å²) in [5, 5.41) is 9.00. The lowest BCUT2D eigenvalue weighted by Crippen LogP contribution is -2.32. The monoisotopic (exact) mass is 461 g/mol. The number of aryl methyl sites for hydroxylation is 2. The molecular weight excluding hydrogens is 430 g/mol. The van der Waals surface area contributed by atoms with Gasteiger partial charge in [0.1, 0.15) is 11.5 Å². The summed E-state index contributed by atoms with van der Waals surface area (Å²) in [6.07, 6.45) is 1.65. The first-order chi connectivity index (χ1) is 16.4. The summed E-state index contributed by atoms with van der Waals surface area (Å²) < 4.78 is 10.7. The zero-order valence-corrected chi connectivity index (χ0v) is 19.9. The standard InChI is InChI=1S/C28H31NO5/c1-20-6-4-7-21(14-20)8-5-13-29(19-23-11-9-22(10-12-23)15-27(30)31)28(32)24-16-25(33-2)18-26(17-24)34-3/h4,6-7,9-12,14,16-18H,5,8,13,15,19H2,1-3H3,(H,30,31). The van der Waals surface area contributed by atoms with E-state index in [1.807, 2.05) is 17.0 Å². The Morgan fingerprint density at radius 3 is 2.09 bits per heavy atom. The molecule has 0 aliphatic rings. The normalized spacial score (nSPS) is 10.6. The van der Waals surface area contributed by atoms with E-state index in [9.17, 15) is 9.59 Å². The Morgan fingerprint density at radius 2 is 1.50 bits per heavy atom. The highest BCUT2D eigenvalue weighted by molar-refractivity contribution is 5.95. The minimum absolute atomic E-state index is 0.0248. The van der Waals surface area contributed by atoms with Gasteiger partial charge in [0.15, 0.2) is 0 Å². The molecule has 1 N–H and O–H groups in total. The summed E-state index contributed by atoms with van der Waals surface area (Å²) in [7, 11) is 3.11. The molecule has 0 aliphatic heterocycles. The molecule has 0 unspecified atom stereocenters. The van der Waals surface area contributed by atoms with Crippen LogP contribution in [-0.2, 0) is 24.2 Å². The van der Waals surface area contributed by atoms with Crippen LogP contribution in [0.25, 0.3) is 0 Å². The number of methoxy groups -OCH3 is 2. The van der Waals surface area contributed by atoms with E-state index in [-0.39, 0.29) is 12.3 Å². The summed E-state index contributed by atoms with van der Waals surface area (Å²) in [6, 6.07) is 20.9. The van der Waals surface area contributed by atoms with Crippen LogP contribution in [0, 0.1) is 6.92 Å². The third-order valence-electron chi connectivity index (χ3n) is 5.61. The fourth-order valence-electron chi connectivity index (χ4n) is 3.87. The number of hydrogen-bond acceptors (Lipinski definition) is 4. The van der Waals surface area contributed by atoms with Crippen LogP contribution >= 0.6 is 0 Å². The molecule has 178 valence electrons. The van der Waals surface area contributed by atoms with Crippen LogP contribution < -0.4 is 9.47 Å². The molecule has 0 fully saturated rings. The second-order valence-corrected chi connectivity index (χ2v) is 8.31. The average molecular weight is 462 g/mol. The van der Waals surface area contributed by atoms with E-state index in [1.54, 1.807) is 44.6 Å². The quantitative estimate of drug-likeness (QED) is 0.439. The van der Waals surface area contributed by atoms with Crippen molar-refractivity contribution in [3.63, 3.8) is 0 Å². The number of carboxylic acid groups (broad SMARTS) is 1. The summed E-state index contributed by atoms with van der Waals surface area (Å²) in [6.45, 7) is 3.06. The van der Waals surface area contributed by atoms with Gasteiger partial charge in [-0.3, -0.25) is 9.59 Å². The number of carbonyl (C=O) groups excluding carboxylic acids is 1. The Balaban J connectivity index is 1.80. The van der Waals surface area contributed by atoms with Gasteiger partial charge in [0.05, 0.1) is 20.6 Å².